The van der Waals surface area contributed by atoms with E-state index in [2.05, 4.69) is 33.9 Å². The highest BCUT2D eigenvalue weighted by Gasteiger charge is 2.53. The van der Waals surface area contributed by atoms with Gasteiger partial charge in [0.1, 0.15) is 0 Å². The van der Waals surface area contributed by atoms with Crippen LogP contribution in [0.2, 0.25) is 18.1 Å². The van der Waals surface area contributed by atoms with Crippen molar-refractivity contribution in [3.8, 4) is 0 Å². The first-order valence-electron chi connectivity index (χ1n) is 8.12. The fraction of sp³-hybridized carbons (Fsp3) is 0.647. The van der Waals surface area contributed by atoms with Crippen molar-refractivity contribution in [1.29, 1.82) is 0 Å². The quantitative estimate of drug-likeness (QED) is 0.596. The van der Waals surface area contributed by atoms with E-state index in [9.17, 15) is 8.42 Å². The lowest BCUT2D eigenvalue weighted by Crippen LogP contribution is -2.42. The van der Waals surface area contributed by atoms with Gasteiger partial charge in [0.25, 0.3) is 0 Å². The molecular formula is C17H29NO3SSi. The second-order valence-corrected chi connectivity index (χ2v) is 14.7. The van der Waals surface area contributed by atoms with Crippen molar-refractivity contribution in [2.45, 2.75) is 69.7 Å². The molecule has 1 saturated heterocycles. The van der Waals surface area contributed by atoms with Crippen LogP contribution in [0, 0.1) is 6.92 Å². The molecule has 3 atom stereocenters. The second kappa shape index (κ2) is 5.99. The summed E-state index contributed by atoms with van der Waals surface area (Å²) < 4.78 is 33.2. The van der Waals surface area contributed by atoms with Gasteiger partial charge in [-0.15, -0.1) is 0 Å². The van der Waals surface area contributed by atoms with Crippen molar-refractivity contribution in [3.05, 3.63) is 29.8 Å². The largest absolute Gasteiger partial charge is 0.415 e. The summed E-state index contributed by atoms with van der Waals surface area (Å²) in [6.45, 7) is 15.3. The SMILES string of the molecule is Cc1ccc(S(=O)(=O)N2[C@H](C)[C@@H]2CO[Si](C)(C)C(C)(C)C)cc1. The summed E-state index contributed by atoms with van der Waals surface area (Å²) in [5.41, 5.74) is 1.06. The van der Waals surface area contributed by atoms with Crippen LogP contribution in [0.1, 0.15) is 33.3 Å². The lowest BCUT2D eigenvalue weighted by molar-refractivity contribution is 0.280. The van der Waals surface area contributed by atoms with Gasteiger partial charge in [-0.1, -0.05) is 38.5 Å². The predicted molar refractivity (Wildman–Crippen MR) is 96.6 cm³/mol. The van der Waals surface area contributed by atoms with Crippen molar-refractivity contribution in [3.63, 3.8) is 0 Å². The standard InChI is InChI=1S/C17H29NO3SSi/c1-13-8-10-15(11-9-13)22(19,20)18-14(2)16(18)12-21-23(6,7)17(3,4)5/h8-11,14,16H,12H2,1-7H3/t14-,16+,18?/m1/s1. The van der Waals surface area contributed by atoms with E-state index in [-0.39, 0.29) is 17.1 Å². The van der Waals surface area contributed by atoms with Crippen LogP contribution < -0.4 is 0 Å². The van der Waals surface area contributed by atoms with Crippen molar-refractivity contribution in [2.75, 3.05) is 6.61 Å². The molecule has 1 aliphatic rings. The van der Waals surface area contributed by atoms with E-state index in [1.807, 2.05) is 26.0 Å². The first kappa shape index (κ1) is 18.6. The zero-order valence-electron chi connectivity index (χ0n) is 15.3. The van der Waals surface area contributed by atoms with Crippen LogP contribution >= 0.6 is 0 Å². The number of nitrogens with zero attached hydrogens (tertiary/aromatic N) is 1. The van der Waals surface area contributed by atoms with Gasteiger partial charge in [-0.05, 0) is 44.1 Å². The fourth-order valence-electron chi connectivity index (χ4n) is 2.34. The molecule has 4 nitrogen and oxygen atoms in total. The second-order valence-electron chi connectivity index (χ2n) is 8.03. The Morgan fingerprint density at radius 1 is 1.17 bits per heavy atom. The normalized spacial score (nSPS) is 25.4. The topological polar surface area (TPSA) is 46.4 Å². The molecule has 0 spiro atoms. The van der Waals surface area contributed by atoms with Crippen molar-refractivity contribution < 1.29 is 12.8 Å². The molecule has 1 unspecified atom stereocenters. The molecule has 23 heavy (non-hydrogen) atoms. The number of benzene rings is 1. The maximum atomic E-state index is 12.7. The van der Waals surface area contributed by atoms with Crippen LogP contribution in [-0.4, -0.2) is 39.7 Å². The van der Waals surface area contributed by atoms with Gasteiger partial charge in [0.2, 0.25) is 10.0 Å². The maximum absolute atomic E-state index is 12.7. The number of hydrogen-bond donors (Lipinski definition) is 0. The fourth-order valence-corrected chi connectivity index (χ4v) is 5.20. The van der Waals surface area contributed by atoms with Gasteiger partial charge in [0.15, 0.2) is 8.32 Å². The number of rotatable bonds is 5. The van der Waals surface area contributed by atoms with Gasteiger partial charge in [-0.25, -0.2) is 8.42 Å². The van der Waals surface area contributed by atoms with Gasteiger partial charge in [-0.2, -0.15) is 4.31 Å². The highest BCUT2D eigenvalue weighted by atomic mass is 32.2. The maximum Gasteiger partial charge on any atom is 0.243 e. The molecule has 0 aromatic heterocycles. The van der Waals surface area contributed by atoms with E-state index in [4.69, 9.17) is 4.43 Å². The molecule has 0 N–H and O–H groups in total. The van der Waals surface area contributed by atoms with Crippen molar-refractivity contribution in [1.82, 2.24) is 4.31 Å². The first-order chi connectivity index (χ1) is 10.4. The van der Waals surface area contributed by atoms with E-state index in [1.54, 1.807) is 16.4 Å². The van der Waals surface area contributed by atoms with Crippen LogP contribution in [0.25, 0.3) is 0 Å². The number of sulfonamides is 1. The summed E-state index contributed by atoms with van der Waals surface area (Å²) in [5.74, 6) is 0. The van der Waals surface area contributed by atoms with Gasteiger partial charge in [0, 0.05) is 6.04 Å². The van der Waals surface area contributed by atoms with Crippen LogP contribution in [0.4, 0.5) is 0 Å². The smallest absolute Gasteiger partial charge is 0.243 e. The molecule has 1 aliphatic heterocycles. The molecule has 1 aromatic rings. The highest BCUT2D eigenvalue weighted by Crippen LogP contribution is 2.40. The van der Waals surface area contributed by atoms with E-state index < -0.39 is 18.3 Å². The van der Waals surface area contributed by atoms with E-state index >= 15 is 0 Å². The minimum absolute atomic E-state index is 0.00562. The summed E-state index contributed by atoms with van der Waals surface area (Å²) in [6, 6.07) is 6.99. The van der Waals surface area contributed by atoms with E-state index in [1.165, 1.54) is 0 Å². The van der Waals surface area contributed by atoms with Crippen LogP contribution in [-0.2, 0) is 14.4 Å². The molecule has 1 aromatic carbocycles. The average Bonchev–Trinajstić information content (AvgIpc) is 3.07. The summed E-state index contributed by atoms with van der Waals surface area (Å²) in [4.78, 5) is 0.366. The Balaban J connectivity index is 2.07. The molecule has 130 valence electrons. The molecule has 2 rings (SSSR count). The van der Waals surface area contributed by atoms with Crippen molar-refractivity contribution in [2.24, 2.45) is 0 Å². The summed E-state index contributed by atoms with van der Waals surface area (Å²) in [5, 5.41) is 0.131. The zero-order chi connectivity index (χ0) is 17.6. The van der Waals surface area contributed by atoms with Gasteiger partial charge in [-0.3, -0.25) is 0 Å². The number of aryl methyl sites for hydroxylation is 1. The third kappa shape index (κ3) is 3.70. The average molecular weight is 356 g/mol. The van der Waals surface area contributed by atoms with Crippen LogP contribution in [0.5, 0.6) is 0 Å². The molecule has 0 saturated carbocycles. The van der Waals surface area contributed by atoms with Crippen LogP contribution in [0.3, 0.4) is 0 Å². The molecule has 1 fully saturated rings. The molecule has 1 heterocycles. The highest BCUT2D eigenvalue weighted by molar-refractivity contribution is 7.89. The molecule has 0 radical (unpaired) electrons. The summed E-state index contributed by atoms with van der Waals surface area (Å²) in [7, 11) is -5.27. The Morgan fingerprint density at radius 3 is 2.17 bits per heavy atom. The molecular weight excluding hydrogens is 326 g/mol. The van der Waals surface area contributed by atoms with Crippen LogP contribution in [0.15, 0.2) is 29.2 Å². The Labute approximate surface area is 142 Å². The minimum Gasteiger partial charge on any atom is -0.415 e. The Kier molecular flexibility index (Phi) is 4.85. The van der Waals surface area contributed by atoms with Crippen molar-refractivity contribution >= 4 is 18.3 Å². The lowest BCUT2D eigenvalue weighted by Gasteiger charge is -2.36. The Hall–Kier alpha value is -0.693. The zero-order valence-corrected chi connectivity index (χ0v) is 17.1. The van der Waals surface area contributed by atoms with Gasteiger partial charge < -0.3 is 4.43 Å². The molecule has 0 amide bonds. The number of hydrogen-bond acceptors (Lipinski definition) is 3. The lowest BCUT2D eigenvalue weighted by atomic mass is 10.2. The molecule has 0 bridgehead atoms. The first-order valence-corrected chi connectivity index (χ1v) is 12.5. The Bertz CT molecular complexity index is 662. The van der Waals surface area contributed by atoms with E-state index in [0.717, 1.165) is 5.56 Å². The summed E-state index contributed by atoms with van der Waals surface area (Å²) >= 11 is 0. The van der Waals surface area contributed by atoms with E-state index in [0.29, 0.717) is 11.5 Å². The predicted octanol–water partition coefficient (Wildman–Crippen LogP) is 3.78. The Morgan fingerprint density at radius 2 is 1.70 bits per heavy atom. The minimum atomic E-state index is -3.42. The summed E-state index contributed by atoms with van der Waals surface area (Å²) in [6.07, 6.45) is 0. The van der Waals surface area contributed by atoms with Gasteiger partial charge in [0.05, 0.1) is 17.5 Å². The molecule has 6 heteroatoms. The third-order valence-corrected chi connectivity index (χ3v) is 11.7. The third-order valence-electron chi connectivity index (χ3n) is 5.21. The monoisotopic (exact) mass is 355 g/mol. The molecule has 0 aliphatic carbocycles. The van der Waals surface area contributed by atoms with Gasteiger partial charge >= 0.3 is 0 Å².